The number of nitrogens with one attached hydrogen (secondary N) is 1. The van der Waals surface area contributed by atoms with Crippen LogP contribution in [0.4, 0.5) is 0 Å². The number of sulfonamides is 1. The van der Waals surface area contributed by atoms with E-state index in [1.54, 1.807) is 16.4 Å². The minimum absolute atomic E-state index is 0.0868. The molecule has 1 aromatic heterocycles. The molecule has 1 amide bonds. The van der Waals surface area contributed by atoms with E-state index in [4.69, 9.17) is 0 Å². The molecule has 1 atom stereocenters. The average Bonchev–Trinajstić information content (AvgIpc) is 3.12. The fourth-order valence-electron chi connectivity index (χ4n) is 3.52. The number of piperidine rings is 2. The van der Waals surface area contributed by atoms with Crippen LogP contribution in [0.1, 0.15) is 37.0 Å². The van der Waals surface area contributed by atoms with Crippen molar-refractivity contribution in [3.8, 4) is 0 Å². The Morgan fingerprint density at radius 2 is 1.96 bits per heavy atom. The van der Waals surface area contributed by atoms with Crippen molar-refractivity contribution in [3.63, 3.8) is 0 Å². The fourth-order valence-corrected chi connectivity index (χ4v) is 6.54. The molecule has 2 saturated heterocycles. The van der Waals surface area contributed by atoms with E-state index in [-0.39, 0.29) is 12.3 Å². The topological polar surface area (TPSA) is 69.7 Å². The second kappa shape index (κ2) is 8.16. The number of likely N-dealkylation sites (N-methyl/N-ethyl adjacent to an activating group) is 1. The van der Waals surface area contributed by atoms with Crippen LogP contribution in [0.3, 0.4) is 0 Å². The molecule has 1 N–H and O–H groups in total. The van der Waals surface area contributed by atoms with Crippen molar-refractivity contribution < 1.29 is 13.2 Å². The van der Waals surface area contributed by atoms with E-state index in [9.17, 15) is 13.2 Å². The van der Waals surface area contributed by atoms with Gasteiger partial charge in [-0.25, -0.2) is 8.42 Å². The van der Waals surface area contributed by atoms with Gasteiger partial charge in [-0.15, -0.1) is 11.3 Å². The molecule has 140 valence electrons. The average molecular weight is 386 g/mol. The Labute approximate surface area is 154 Å². The molecule has 25 heavy (non-hydrogen) atoms. The van der Waals surface area contributed by atoms with Gasteiger partial charge < -0.3 is 10.2 Å². The zero-order valence-electron chi connectivity index (χ0n) is 14.7. The second-order valence-corrected chi connectivity index (χ2v) is 10.2. The van der Waals surface area contributed by atoms with Crippen molar-refractivity contribution in [2.24, 2.45) is 0 Å². The zero-order chi connectivity index (χ0) is 17.9. The van der Waals surface area contributed by atoms with Gasteiger partial charge >= 0.3 is 0 Å². The number of carbonyl (C=O) groups is 1. The van der Waals surface area contributed by atoms with Crippen molar-refractivity contribution in [2.45, 2.75) is 48.8 Å². The SMILES string of the molecule is CNC1CCCN(C(=O)Cc2ccc(S(=O)(=O)N3CCCCC3)s2)C1. The van der Waals surface area contributed by atoms with Crippen LogP contribution in [0.25, 0.3) is 0 Å². The largest absolute Gasteiger partial charge is 0.341 e. The molecule has 0 aliphatic carbocycles. The minimum Gasteiger partial charge on any atom is -0.341 e. The molecule has 0 saturated carbocycles. The lowest BCUT2D eigenvalue weighted by Crippen LogP contribution is -2.47. The van der Waals surface area contributed by atoms with Crippen molar-refractivity contribution in [1.29, 1.82) is 0 Å². The highest BCUT2D eigenvalue weighted by Crippen LogP contribution is 2.27. The highest BCUT2D eigenvalue weighted by atomic mass is 32.2. The smallest absolute Gasteiger partial charge is 0.252 e. The lowest BCUT2D eigenvalue weighted by atomic mass is 10.1. The van der Waals surface area contributed by atoms with Gasteiger partial charge in [-0.1, -0.05) is 6.42 Å². The van der Waals surface area contributed by atoms with Gasteiger partial charge in [-0.2, -0.15) is 4.31 Å². The molecule has 0 radical (unpaired) electrons. The summed E-state index contributed by atoms with van der Waals surface area (Å²) < 4.78 is 27.3. The number of rotatable bonds is 5. The molecule has 0 bridgehead atoms. The third-order valence-electron chi connectivity index (χ3n) is 5.05. The zero-order valence-corrected chi connectivity index (χ0v) is 16.4. The van der Waals surface area contributed by atoms with Crippen molar-refractivity contribution >= 4 is 27.3 Å². The van der Waals surface area contributed by atoms with Gasteiger partial charge in [0, 0.05) is 37.1 Å². The molecule has 0 aromatic carbocycles. The first-order valence-corrected chi connectivity index (χ1v) is 11.3. The summed E-state index contributed by atoms with van der Waals surface area (Å²) in [6.45, 7) is 2.74. The predicted octanol–water partition coefficient (Wildman–Crippen LogP) is 1.68. The van der Waals surface area contributed by atoms with Crippen LogP contribution >= 0.6 is 11.3 Å². The van der Waals surface area contributed by atoms with Crippen LogP contribution in [-0.2, 0) is 21.2 Å². The molecular weight excluding hydrogens is 358 g/mol. The van der Waals surface area contributed by atoms with E-state index in [1.807, 2.05) is 11.9 Å². The van der Waals surface area contributed by atoms with Gasteiger partial charge in [-0.05, 0) is 44.9 Å². The van der Waals surface area contributed by atoms with Gasteiger partial charge in [0.1, 0.15) is 4.21 Å². The number of amides is 1. The summed E-state index contributed by atoms with van der Waals surface area (Å²) in [6, 6.07) is 3.80. The summed E-state index contributed by atoms with van der Waals surface area (Å²) in [5, 5.41) is 3.24. The summed E-state index contributed by atoms with van der Waals surface area (Å²) in [6.07, 6.45) is 5.35. The number of carbonyl (C=O) groups excluding carboxylic acids is 1. The van der Waals surface area contributed by atoms with Gasteiger partial charge in [0.15, 0.2) is 0 Å². The van der Waals surface area contributed by atoms with Crippen LogP contribution in [-0.4, -0.2) is 62.8 Å². The van der Waals surface area contributed by atoms with E-state index in [0.29, 0.717) is 23.3 Å². The molecule has 2 fully saturated rings. The highest BCUT2D eigenvalue weighted by Gasteiger charge is 2.28. The minimum atomic E-state index is -3.40. The highest BCUT2D eigenvalue weighted by molar-refractivity contribution is 7.91. The maximum Gasteiger partial charge on any atom is 0.252 e. The molecule has 8 heteroatoms. The number of hydrogen-bond donors (Lipinski definition) is 1. The normalized spacial score (nSPS) is 22.9. The van der Waals surface area contributed by atoms with Crippen molar-refractivity contribution in [3.05, 3.63) is 17.0 Å². The third kappa shape index (κ3) is 4.42. The third-order valence-corrected chi connectivity index (χ3v) is 8.51. The van der Waals surface area contributed by atoms with Crippen LogP contribution in [0.5, 0.6) is 0 Å². The molecule has 6 nitrogen and oxygen atoms in total. The molecule has 3 heterocycles. The van der Waals surface area contributed by atoms with Crippen LogP contribution < -0.4 is 5.32 Å². The Bertz CT molecular complexity index is 696. The monoisotopic (exact) mass is 385 g/mol. The van der Waals surface area contributed by atoms with E-state index in [2.05, 4.69) is 5.32 Å². The molecular formula is C17H27N3O3S2. The Kier molecular flexibility index (Phi) is 6.14. The predicted molar refractivity (Wildman–Crippen MR) is 99.3 cm³/mol. The van der Waals surface area contributed by atoms with Crippen LogP contribution in [0, 0.1) is 0 Å². The van der Waals surface area contributed by atoms with Gasteiger partial charge in [-0.3, -0.25) is 4.79 Å². The first kappa shape index (κ1) is 18.8. The number of thiophene rings is 1. The lowest BCUT2D eigenvalue weighted by Gasteiger charge is -2.32. The Balaban J connectivity index is 1.64. The van der Waals surface area contributed by atoms with Crippen molar-refractivity contribution in [1.82, 2.24) is 14.5 Å². The fraction of sp³-hybridized carbons (Fsp3) is 0.706. The second-order valence-electron chi connectivity index (χ2n) is 6.83. The number of hydrogen-bond acceptors (Lipinski definition) is 5. The number of nitrogens with zero attached hydrogens (tertiary/aromatic N) is 2. The molecule has 3 rings (SSSR count). The molecule has 2 aliphatic heterocycles. The summed E-state index contributed by atoms with van der Waals surface area (Å²) >= 11 is 1.24. The van der Waals surface area contributed by atoms with E-state index in [0.717, 1.165) is 50.1 Å². The summed E-state index contributed by atoms with van der Waals surface area (Å²) in [5.74, 6) is 0.0868. The maximum absolute atomic E-state index is 12.7. The van der Waals surface area contributed by atoms with Crippen LogP contribution in [0.2, 0.25) is 0 Å². The van der Waals surface area contributed by atoms with Gasteiger partial charge in [0.2, 0.25) is 5.91 Å². The quantitative estimate of drug-likeness (QED) is 0.837. The first-order chi connectivity index (χ1) is 12.0. The Morgan fingerprint density at radius 3 is 2.68 bits per heavy atom. The lowest BCUT2D eigenvalue weighted by molar-refractivity contribution is -0.131. The van der Waals surface area contributed by atoms with E-state index in [1.165, 1.54) is 11.3 Å². The molecule has 1 aromatic rings. The maximum atomic E-state index is 12.7. The van der Waals surface area contributed by atoms with E-state index < -0.39 is 10.0 Å². The molecule has 1 unspecified atom stereocenters. The van der Waals surface area contributed by atoms with E-state index >= 15 is 0 Å². The summed E-state index contributed by atoms with van der Waals surface area (Å²) in [4.78, 5) is 15.3. The molecule has 2 aliphatic rings. The van der Waals surface area contributed by atoms with Crippen molar-refractivity contribution in [2.75, 3.05) is 33.2 Å². The Hall–Kier alpha value is -0.960. The van der Waals surface area contributed by atoms with Gasteiger partial charge in [0.05, 0.1) is 6.42 Å². The summed E-state index contributed by atoms with van der Waals surface area (Å²) in [5.41, 5.74) is 0. The van der Waals surface area contributed by atoms with Gasteiger partial charge in [0.25, 0.3) is 10.0 Å². The summed E-state index contributed by atoms with van der Waals surface area (Å²) in [7, 11) is -1.47. The first-order valence-electron chi connectivity index (χ1n) is 9.04. The molecule has 0 spiro atoms. The van der Waals surface area contributed by atoms with Crippen LogP contribution in [0.15, 0.2) is 16.3 Å². The number of likely N-dealkylation sites (tertiary alicyclic amines) is 1. The standard InChI is InChI=1S/C17H27N3O3S2/c1-18-14-6-5-9-19(13-14)16(21)12-15-7-8-17(24-15)25(22,23)20-10-3-2-4-11-20/h7-8,14,18H,2-6,9-13H2,1H3. The Morgan fingerprint density at radius 1 is 1.20 bits per heavy atom.